The number of alkyl halides is 3. The molecule has 0 saturated heterocycles. The molecule has 1 aromatic heterocycles. The van der Waals surface area contributed by atoms with Crippen LogP contribution in [-0.2, 0) is 4.79 Å². The lowest BCUT2D eigenvalue weighted by molar-refractivity contribution is -0.166. The van der Waals surface area contributed by atoms with Crippen LogP contribution in [0.4, 0.5) is 18.9 Å². The van der Waals surface area contributed by atoms with Gasteiger partial charge in [-0.05, 0) is 36.1 Å². The van der Waals surface area contributed by atoms with Gasteiger partial charge in [-0.3, -0.25) is 4.79 Å². The van der Waals surface area contributed by atoms with Crippen molar-refractivity contribution in [3.05, 3.63) is 57.9 Å². The molecule has 0 unspecified atom stereocenters. The van der Waals surface area contributed by atoms with E-state index < -0.39 is 23.4 Å². The van der Waals surface area contributed by atoms with Crippen molar-refractivity contribution >= 4 is 28.6 Å². The van der Waals surface area contributed by atoms with Crippen LogP contribution in [0.5, 0.6) is 0 Å². The van der Waals surface area contributed by atoms with Crippen LogP contribution < -0.4 is 0 Å². The van der Waals surface area contributed by atoms with Gasteiger partial charge in [0.15, 0.2) is 11.5 Å². The van der Waals surface area contributed by atoms with E-state index in [1.807, 2.05) is 0 Å². The number of aliphatic hydroxyl groups excluding tert-OH is 1. The highest BCUT2D eigenvalue weighted by molar-refractivity contribution is 7.11. The number of nitrogens with zero attached hydrogens (tertiary/aromatic N) is 2. The van der Waals surface area contributed by atoms with Gasteiger partial charge < -0.3 is 5.11 Å². The minimum atomic E-state index is -5.16. The molecule has 1 aromatic carbocycles. The van der Waals surface area contributed by atoms with E-state index in [0.717, 1.165) is 16.9 Å². The highest BCUT2D eigenvalue weighted by Crippen LogP contribution is 2.29. The number of aryl methyl sites for hydroxylation is 1. The van der Waals surface area contributed by atoms with Crippen LogP contribution in [-0.4, -0.2) is 17.1 Å². The third-order valence-corrected chi connectivity index (χ3v) is 3.60. The number of aliphatic hydroxyl groups is 1. The molecule has 1 N–H and O–H groups in total. The van der Waals surface area contributed by atoms with E-state index in [-0.39, 0.29) is 10.6 Å². The summed E-state index contributed by atoms with van der Waals surface area (Å²) < 4.78 is 38.1. The summed E-state index contributed by atoms with van der Waals surface area (Å²) in [5.74, 6) is -3.10. The van der Waals surface area contributed by atoms with Gasteiger partial charge in [-0.25, -0.2) is 0 Å². The molecule has 0 spiro atoms. The van der Waals surface area contributed by atoms with Crippen LogP contribution in [0.15, 0.2) is 57.7 Å². The molecule has 0 atom stereocenters. The zero-order valence-electron chi connectivity index (χ0n) is 11.8. The van der Waals surface area contributed by atoms with Crippen molar-refractivity contribution in [3.63, 3.8) is 0 Å². The average Bonchev–Trinajstić information content (AvgIpc) is 3.00. The molecule has 120 valence electrons. The van der Waals surface area contributed by atoms with Crippen molar-refractivity contribution in [2.75, 3.05) is 0 Å². The number of halogens is 3. The van der Waals surface area contributed by atoms with Crippen LogP contribution in [0.1, 0.15) is 10.4 Å². The van der Waals surface area contributed by atoms with Crippen molar-refractivity contribution in [3.8, 4) is 0 Å². The van der Waals surface area contributed by atoms with Crippen LogP contribution in [0, 0.1) is 6.92 Å². The predicted molar refractivity (Wildman–Crippen MR) is 80.6 cm³/mol. The number of benzene rings is 1. The summed E-state index contributed by atoms with van der Waals surface area (Å²) in [6.07, 6.45) is -5.16. The number of hydrogen-bond donors (Lipinski definition) is 1. The Labute approximate surface area is 133 Å². The molecule has 0 radical (unpaired) electrons. The van der Waals surface area contributed by atoms with E-state index in [0.29, 0.717) is 0 Å². The molecule has 0 saturated carbocycles. The fraction of sp³-hybridized carbons (Fsp3) is 0.133. The summed E-state index contributed by atoms with van der Waals surface area (Å²) in [4.78, 5) is 11.6. The Bertz CT molecular complexity index is 765. The Morgan fingerprint density at radius 2 is 1.96 bits per heavy atom. The van der Waals surface area contributed by atoms with Crippen molar-refractivity contribution in [1.82, 2.24) is 0 Å². The first kappa shape index (κ1) is 16.9. The van der Waals surface area contributed by atoms with Gasteiger partial charge in [-0.15, -0.1) is 16.5 Å². The number of carbonyl (C=O) groups excluding carboxylic acids is 1. The normalized spacial score (nSPS) is 13.2. The summed E-state index contributed by atoms with van der Waals surface area (Å²) in [6.45, 7) is 1.78. The fourth-order valence-corrected chi connectivity index (χ4v) is 2.33. The molecule has 0 aliphatic heterocycles. The number of hydrogen-bond acceptors (Lipinski definition) is 5. The van der Waals surface area contributed by atoms with Crippen LogP contribution in [0.25, 0.3) is 5.76 Å². The first-order chi connectivity index (χ1) is 10.8. The zero-order valence-corrected chi connectivity index (χ0v) is 12.6. The maximum Gasteiger partial charge on any atom is 0.456 e. The van der Waals surface area contributed by atoms with Gasteiger partial charge in [0.25, 0.3) is 5.78 Å². The quantitative estimate of drug-likeness (QED) is 0.472. The van der Waals surface area contributed by atoms with Gasteiger partial charge in [0.05, 0.1) is 10.6 Å². The molecule has 2 aromatic rings. The Kier molecular flexibility index (Phi) is 4.95. The summed E-state index contributed by atoms with van der Waals surface area (Å²) in [7, 11) is 0. The molecule has 0 aliphatic carbocycles. The number of carbonyl (C=O) groups is 1. The molecule has 0 fully saturated rings. The molecule has 2 rings (SSSR count). The second kappa shape index (κ2) is 6.74. The second-order valence-corrected chi connectivity index (χ2v) is 5.49. The zero-order chi connectivity index (χ0) is 17.0. The number of rotatable bonds is 4. The van der Waals surface area contributed by atoms with Crippen LogP contribution >= 0.6 is 11.3 Å². The number of Topliss-reactive ketones (excluding diaryl/α,β-unsaturated/α-hetero) is 1. The Morgan fingerprint density at radius 3 is 2.52 bits per heavy atom. The molecule has 8 heteroatoms. The van der Waals surface area contributed by atoms with Gasteiger partial charge in [0, 0.05) is 0 Å². The Morgan fingerprint density at radius 1 is 1.22 bits per heavy atom. The molecule has 0 aliphatic rings. The number of thiophene rings is 1. The average molecular weight is 340 g/mol. The predicted octanol–water partition coefficient (Wildman–Crippen LogP) is 5.20. The minimum absolute atomic E-state index is 0.0980. The molecule has 4 nitrogen and oxygen atoms in total. The minimum Gasteiger partial charge on any atom is -0.504 e. The maximum absolute atomic E-state index is 12.7. The highest BCUT2D eigenvalue weighted by Gasteiger charge is 2.43. The molecule has 23 heavy (non-hydrogen) atoms. The van der Waals surface area contributed by atoms with Crippen molar-refractivity contribution in [2.24, 2.45) is 10.2 Å². The van der Waals surface area contributed by atoms with E-state index in [1.54, 1.807) is 30.5 Å². The molecular weight excluding hydrogens is 329 g/mol. The Balaban J connectivity index is 2.46. The first-order valence-corrected chi connectivity index (χ1v) is 7.24. The van der Waals surface area contributed by atoms with E-state index in [2.05, 4.69) is 10.2 Å². The molecular formula is C15H11F3N2O2S. The van der Waals surface area contributed by atoms with Gasteiger partial charge in [-0.1, -0.05) is 18.2 Å². The first-order valence-electron chi connectivity index (χ1n) is 6.36. The molecule has 1 heterocycles. The second-order valence-electron chi connectivity index (χ2n) is 4.54. The SMILES string of the molecule is Cc1cccc(N=NC(C(=O)C(F)(F)F)=C(O)c2cccs2)c1. The Hall–Kier alpha value is -2.48. The standard InChI is InChI=1S/C15H11F3N2O2S/c1-9-4-2-5-10(8-9)19-20-12(14(22)15(16,17)18)13(21)11-6-3-7-23-11/h2-8,21H,1H3. The lowest BCUT2D eigenvalue weighted by Gasteiger charge is -2.06. The topological polar surface area (TPSA) is 62.0 Å². The van der Waals surface area contributed by atoms with Gasteiger partial charge in [0.1, 0.15) is 0 Å². The van der Waals surface area contributed by atoms with Crippen molar-refractivity contribution in [1.29, 1.82) is 0 Å². The van der Waals surface area contributed by atoms with E-state index in [1.165, 1.54) is 18.2 Å². The lowest BCUT2D eigenvalue weighted by atomic mass is 10.2. The third-order valence-electron chi connectivity index (χ3n) is 2.72. The van der Waals surface area contributed by atoms with E-state index >= 15 is 0 Å². The van der Waals surface area contributed by atoms with Crippen molar-refractivity contribution < 1.29 is 23.1 Å². The number of allylic oxidation sites excluding steroid dienone is 1. The highest BCUT2D eigenvalue weighted by atomic mass is 32.1. The number of azo groups is 1. The summed E-state index contributed by atoms with van der Waals surface area (Å²) >= 11 is 0.982. The van der Waals surface area contributed by atoms with Crippen LogP contribution in [0.3, 0.4) is 0 Å². The molecule has 0 amide bonds. The summed E-state index contributed by atoms with van der Waals surface area (Å²) in [6, 6.07) is 9.45. The third kappa shape index (κ3) is 4.26. The lowest BCUT2D eigenvalue weighted by Crippen LogP contribution is -2.24. The van der Waals surface area contributed by atoms with E-state index in [4.69, 9.17) is 0 Å². The van der Waals surface area contributed by atoms with Crippen molar-refractivity contribution in [2.45, 2.75) is 13.1 Å². The molecule has 0 bridgehead atoms. The van der Waals surface area contributed by atoms with Gasteiger partial charge in [0.2, 0.25) is 0 Å². The smallest absolute Gasteiger partial charge is 0.456 e. The van der Waals surface area contributed by atoms with Crippen LogP contribution in [0.2, 0.25) is 0 Å². The summed E-state index contributed by atoms with van der Waals surface area (Å²) in [5.41, 5.74) is -0.0329. The summed E-state index contributed by atoms with van der Waals surface area (Å²) in [5, 5.41) is 18.5. The maximum atomic E-state index is 12.7. The monoisotopic (exact) mass is 340 g/mol. The van der Waals surface area contributed by atoms with E-state index in [9.17, 15) is 23.1 Å². The number of ketones is 1. The largest absolute Gasteiger partial charge is 0.504 e. The van der Waals surface area contributed by atoms with Gasteiger partial charge >= 0.3 is 6.18 Å². The van der Waals surface area contributed by atoms with Gasteiger partial charge in [-0.2, -0.15) is 18.3 Å². The fourth-order valence-electron chi connectivity index (χ4n) is 1.66.